The van der Waals surface area contributed by atoms with Crippen LogP contribution in [0.2, 0.25) is 0 Å². The lowest BCUT2D eigenvalue weighted by Gasteiger charge is -2.20. The molecule has 5 rings (SSSR count). The molecule has 2 aromatic heterocycles. The quantitative estimate of drug-likeness (QED) is 0.214. The van der Waals surface area contributed by atoms with E-state index in [0.717, 1.165) is 28.4 Å². The molecule has 2 N–H and O–H groups in total. The number of rotatable bonds is 8. The summed E-state index contributed by atoms with van der Waals surface area (Å²) in [5.74, 6) is -2.73. The lowest BCUT2D eigenvalue weighted by atomic mass is 10.0. The molecule has 5 aromatic rings. The maximum atomic E-state index is 14.0. The normalized spacial score (nSPS) is 11.5. The molecule has 9 heteroatoms. The molecule has 3 amide bonds. The van der Waals surface area contributed by atoms with E-state index in [2.05, 4.69) is 10.3 Å². The van der Waals surface area contributed by atoms with Crippen LogP contribution in [-0.2, 0) is 11.2 Å². The van der Waals surface area contributed by atoms with Gasteiger partial charge in [0.15, 0.2) is 0 Å². The molecular formula is C30H23FN4O4. The summed E-state index contributed by atoms with van der Waals surface area (Å²) in [5, 5.41) is 4.77. The van der Waals surface area contributed by atoms with Gasteiger partial charge in [0.2, 0.25) is 0 Å². The van der Waals surface area contributed by atoms with Gasteiger partial charge in [-0.3, -0.25) is 14.9 Å². The van der Waals surface area contributed by atoms with Gasteiger partial charge in [0.05, 0.1) is 24.1 Å². The predicted octanol–water partition coefficient (Wildman–Crippen LogP) is 5.26. The van der Waals surface area contributed by atoms with Gasteiger partial charge in [-0.15, -0.1) is 0 Å². The molecule has 0 saturated heterocycles. The van der Waals surface area contributed by atoms with Crippen LogP contribution in [0.1, 0.15) is 27.8 Å². The Morgan fingerprint density at radius 2 is 1.64 bits per heavy atom. The molecule has 0 unspecified atom stereocenters. The van der Waals surface area contributed by atoms with Gasteiger partial charge in [0, 0.05) is 23.6 Å². The van der Waals surface area contributed by atoms with Crippen molar-refractivity contribution in [3.05, 3.63) is 133 Å². The van der Waals surface area contributed by atoms with Crippen LogP contribution in [-0.4, -0.2) is 27.3 Å². The van der Waals surface area contributed by atoms with Crippen LogP contribution in [0.5, 0.6) is 0 Å². The van der Waals surface area contributed by atoms with Gasteiger partial charge < -0.3 is 14.3 Å². The first kappa shape index (κ1) is 25.3. The molecule has 194 valence electrons. The molecule has 0 aliphatic carbocycles. The Morgan fingerprint density at radius 3 is 2.36 bits per heavy atom. The first-order valence-corrected chi connectivity index (χ1v) is 12.1. The number of nitrogens with zero attached hydrogens (tertiary/aromatic N) is 2. The van der Waals surface area contributed by atoms with Crippen LogP contribution < -0.4 is 10.6 Å². The summed E-state index contributed by atoms with van der Waals surface area (Å²) in [6.07, 6.45) is 7.01. The van der Waals surface area contributed by atoms with Crippen molar-refractivity contribution in [3.63, 3.8) is 0 Å². The number of nitrogens with one attached hydrogen (secondary N) is 2. The monoisotopic (exact) mass is 522 g/mol. The van der Waals surface area contributed by atoms with Crippen LogP contribution in [0.3, 0.4) is 0 Å². The van der Waals surface area contributed by atoms with Gasteiger partial charge >= 0.3 is 6.03 Å². The molecule has 39 heavy (non-hydrogen) atoms. The fourth-order valence-corrected chi connectivity index (χ4v) is 4.21. The third-order valence-electron chi connectivity index (χ3n) is 6.12. The van der Waals surface area contributed by atoms with E-state index in [4.69, 9.17) is 4.42 Å². The number of carbonyl (C=O) groups excluding carboxylic acids is 3. The summed E-state index contributed by atoms with van der Waals surface area (Å²) >= 11 is 0. The second-order valence-electron chi connectivity index (χ2n) is 8.69. The van der Waals surface area contributed by atoms with E-state index in [1.54, 1.807) is 24.9 Å². The topological polar surface area (TPSA) is 106 Å². The highest BCUT2D eigenvalue weighted by Crippen LogP contribution is 2.24. The molecule has 8 nitrogen and oxygen atoms in total. The predicted molar refractivity (Wildman–Crippen MR) is 142 cm³/mol. The van der Waals surface area contributed by atoms with E-state index in [1.165, 1.54) is 18.2 Å². The molecule has 0 aliphatic heterocycles. The number of imidazole rings is 1. The SMILES string of the molecule is O=C(NC(=O)C(=O)c1ccccc1F)N[C@@H](Cc1ccccc1)c1nccn1-c1ccc(-c2ccoc2)cc1. The van der Waals surface area contributed by atoms with Crippen molar-refractivity contribution in [3.8, 4) is 16.8 Å². The van der Waals surface area contributed by atoms with E-state index in [0.29, 0.717) is 12.2 Å². The van der Waals surface area contributed by atoms with Crippen LogP contribution in [0.4, 0.5) is 9.18 Å². The number of urea groups is 1. The summed E-state index contributed by atoms with van der Waals surface area (Å²) in [5.41, 5.74) is 3.23. The van der Waals surface area contributed by atoms with E-state index in [-0.39, 0.29) is 0 Å². The lowest BCUT2D eigenvalue weighted by Crippen LogP contribution is -2.45. The van der Waals surface area contributed by atoms with Gasteiger partial charge in [-0.25, -0.2) is 14.2 Å². The zero-order chi connectivity index (χ0) is 27.2. The number of benzene rings is 3. The smallest absolute Gasteiger partial charge is 0.322 e. The molecule has 0 radical (unpaired) electrons. The third-order valence-corrected chi connectivity index (χ3v) is 6.12. The zero-order valence-corrected chi connectivity index (χ0v) is 20.6. The van der Waals surface area contributed by atoms with Crippen LogP contribution in [0, 0.1) is 5.82 Å². The Morgan fingerprint density at radius 1 is 0.897 bits per heavy atom. The van der Waals surface area contributed by atoms with Crippen LogP contribution in [0.25, 0.3) is 16.8 Å². The molecule has 3 aromatic carbocycles. The molecule has 0 fully saturated rings. The highest BCUT2D eigenvalue weighted by Gasteiger charge is 2.25. The Kier molecular flexibility index (Phi) is 7.40. The van der Waals surface area contributed by atoms with Gasteiger partial charge in [-0.05, 0) is 47.9 Å². The van der Waals surface area contributed by atoms with Crippen molar-refractivity contribution < 1.29 is 23.2 Å². The Balaban J connectivity index is 1.38. The molecule has 1 atom stereocenters. The summed E-state index contributed by atoms with van der Waals surface area (Å²) in [7, 11) is 0. The maximum absolute atomic E-state index is 14.0. The second-order valence-corrected chi connectivity index (χ2v) is 8.69. The average Bonchev–Trinajstić information content (AvgIpc) is 3.66. The minimum Gasteiger partial charge on any atom is -0.472 e. The van der Waals surface area contributed by atoms with Gasteiger partial charge in [-0.1, -0.05) is 54.6 Å². The number of ketones is 1. The van der Waals surface area contributed by atoms with Crippen LogP contribution >= 0.6 is 0 Å². The summed E-state index contributed by atoms with van der Waals surface area (Å²) in [4.78, 5) is 42.2. The number of aromatic nitrogens is 2. The maximum Gasteiger partial charge on any atom is 0.322 e. The van der Waals surface area contributed by atoms with Crippen LogP contribution in [0.15, 0.2) is 114 Å². The Bertz CT molecular complexity index is 1600. The van der Waals surface area contributed by atoms with E-state index in [9.17, 15) is 18.8 Å². The number of Topliss-reactive ketones (excluding diaryl/α,β-unsaturated/α-hetero) is 1. The zero-order valence-electron chi connectivity index (χ0n) is 20.6. The fourth-order valence-electron chi connectivity index (χ4n) is 4.21. The molecular weight excluding hydrogens is 499 g/mol. The third kappa shape index (κ3) is 5.83. The largest absolute Gasteiger partial charge is 0.472 e. The summed E-state index contributed by atoms with van der Waals surface area (Å²) in [6.45, 7) is 0. The summed E-state index contributed by atoms with van der Waals surface area (Å²) < 4.78 is 21.0. The van der Waals surface area contributed by atoms with Crippen molar-refractivity contribution in [2.75, 3.05) is 0 Å². The molecule has 0 saturated carbocycles. The lowest BCUT2D eigenvalue weighted by molar-refractivity contribution is -0.116. The number of hydrogen-bond acceptors (Lipinski definition) is 5. The number of amides is 3. The molecule has 0 spiro atoms. The fraction of sp³-hybridized carbons (Fsp3) is 0.0667. The average molecular weight is 523 g/mol. The Labute approximate surface area is 223 Å². The number of carbonyl (C=O) groups is 3. The number of imide groups is 1. The second kappa shape index (κ2) is 11.4. The number of hydrogen-bond donors (Lipinski definition) is 2. The molecule has 2 heterocycles. The number of furan rings is 1. The van der Waals surface area contributed by atoms with Crippen molar-refractivity contribution in [2.24, 2.45) is 0 Å². The van der Waals surface area contributed by atoms with E-state index < -0.39 is 35.1 Å². The summed E-state index contributed by atoms with van der Waals surface area (Å²) in [6, 6.07) is 22.6. The van der Waals surface area contributed by atoms with Crippen molar-refractivity contribution in [1.82, 2.24) is 20.2 Å². The van der Waals surface area contributed by atoms with Gasteiger partial charge in [-0.2, -0.15) is 0 Å². The highest BCUT2D eigenvalue weighted by molar-refractivity contribution is 6.44. The highest BCUT2D eigenvalue weighted by atomic mass is 19.1. The van der Waals surface area contributed by atoms with Gasteiger partial charge in [0.25, 0.3) is 11.7 Å². The first-order valence-electron chi connectivity index (χ1n) is 12.1. The first-order chi connectivity index (χ1) is 19.0. The molecule has 0 aliphatic rings. The molecule has 0 bridgehead atoms. The minimum atomic E-state index is -1.24. The van der Waals surface area contributed by atoms with E-state index in [1.807, 2.05) is 70.5 Å². The van der Waals surface area contributed by atoms with E-state index >= 15 is 0 Å². The van der Waals surface area contributed by atoms with Crippen molar-refractivity contribution in [2.45, 2.75) is 12.5 Å². The van der Waals surface area contributed by atoms with Crippen molar-refractivity contribution >= 4 is 17.7 Å². The Hall–Kier alpha value is -5.31. The van der Waals surface area contributed by atoms with Gasteiger partial charge in [0.1, 0.15) is 11.6 Å². The number of halogens is 1. The standard InChI is InChI=1S/C30H23FN4O4/c31-25-9-5-4-8-24(25)27(36)29(37)34-30(38)33-26(18-20-6-2-1-3-7-20)28-32-15-16-35(28)23-12-10-21(11-13-23)22-14-17-39-19-22/h1-17,19,26H,18H2,(H2,33,34,37,38)/t26-/m0/s1. The van der Waals surface area contributed by atoms with Crippen molar-refractivity contribution in [1.29, 1.82) is 0 Å². The minimum absolute atomic E-state index is 0.355.